The lowest BCUT2D eigenvalue weighted by atomic mass is 10.2. The molecule has 0 unspecified atom stereocenters. The van der Waals surface area contributed by atoms with Gasteiger partial charge in [0.25, 0.3) is 0 Å². The highest BCUT2D eigenvalue weighted by molar-refractivity contribution is 6.34. The first kappa shape index (κ1) is 10.9. The van der Waals surface area contributed by atoms with Gasteiger partial charge in [0, 0.05) is 12.6 Å². The van der Waals surface area contributed by atoms with Crippen LogP contribution in [0.15, 0.2) is 35.4 Å². The zero-order valence-corrected chi connectivity index (χ0v) is 8.01. The summed E-state index contributed by atoms with van der Waals surface area (Å²) in [6, 6.07) is 9.59. The number of benzene rings is 1. The second kappa shape index (κ2) is 5.54. The smallest absolute Gasteiger partial charge is 0.329 e. The van der Waals surface area contributed by atoms with Gasteiger partial charge in [-0.1, -0.05) is 30.3 Å². The van der Waals surface area contributed by atoms with Crippen molar-refractivity contribution in [2.45, 2.75) is 6.42 Å². The maximum atomic E-state index is 10.7. The average molecular weight is 205 g/mol. The van der Waals surface area contributed by atoms with E-state index in [2.05, 4.69) is 5.10 Å². The van der Waals surface area contributed by atoms with Gasteiger partial charge in [0.15, 0.2) is 0 Å². The molecule has 0 aliphatic rings. The Morgan fingerprint density at radius 1 is 1.33 bits per heavy atom. The van der Waals surface area contributed by atoms with Gasteiger partial charge in [0.05, 0.1) is 0 Å². The molecule has 0 radical (unpaired) electrons. The number of hydrogen-bond acceptors (Lipinski definition) is 3. The minimum Gasteiger partial charge on any atom is -0.361 e. The maximum Gasteiger partial charge on any atom is 0.329 e. The Hall–Kier alpha value is -2.17. The number of nitrogens with two attached hydrogens (primary N) is 1. The van der Waals surface area contributed by atoms with Gasteiger partial charge in [-0.15, -0.1) is 0 Å². The molecule has 0 fully saturated rings. The van der Waals surface area contributed by atoms with Gasteiger partial charge < -0.3 is 5.73 Å². The van der Waals surface area contributed by atoms with Crippen LogP contribution >= 0.6 is 0 Å². The zero-order valence-electron chi connectivity index (χ0n) is 8.01. The summed E-state index contributed by atoms with van der Waals surface area (Å²) in [5, 5.41) is 3.56. The maximum absolute atomic E-state index is 10.7. The Morgan fingerprint density at radius 3 is 2.60 bits per heavy atom. The van der Waals surface area contributed by atoms with E-state index in [9.17, 15) is 9.59 Å². The molecule has 1 aromatic rings. The van der Waals surface area contributed by atoms with Gasteiger partial charge in [-0.2, -0.15) is 5.10 Å². The number of hydrogen-bond donors (Lipinski definition) is 2. The van der Waals surface area contributed by atoms with E-state index in [-0.39, 0.29) is 0 Å². The van der Waals surface area contributed by atoms with Crippen molar-refractivity contribution in [2.75, 3.05) is 0 Å². The Balaban J connectivity index is 2.35. The second-order valence-corrected chi connectivity index (χ2v) is 2.81. The van der Waals surface area contributed by atoms with Gasteiger partial charge in [-0.25, -0.2) is 5.43 Å². The van der Waals surface area contributed by atoms with Crippen LogP contribution < -0.4 is 11.2 Å². The quantitative estimate of drug-likeness (QED) is 0.407. The standard InChI is InChI=1S/C10H11N3O2/c11-9(14)10(15)13-12-7-6-8-4-2-1-3-5-8/h1-5,7H,6H2,(H2,11,14)(H,13,15). The van der Waals surface area contributed by atoms with Crippen molar-refractivity contribution in [3.63, 3.8) is 0 Å². The molecule has 0 saturated carbocycles. The average Bonchev–Trinajstić information content (AvgIpc) is 2.25. The van der Waals surface area contributed by atoms with Crippen LogP contribution in [-0.2, 0) is 16.0 Å². The van der Waals surface area contributed by atoms with Crippen molar-refractivity contribution in [1.82, 2.24) is 5.43 Å². The Bertz CT molecular complexity index is 374. The van der Waals surface area contributed by atoms with Crippen LogP contribution in [0.2, 0.25) is 0 Å². The molecular weight excluding hydrogens is 194 g/mol. The topological polar surface area (TPSA) is 84.5 Å². The second-order valence-electron chi connectivity index (χ2n) is 2.81. The SMILES string of the molecule is NC(=O)C(=O)NN=CCc1ccccc1. The third-order valence-corrected chi connectivity index (χ3v) is 1.65. The van der Waals surface area contributed by atoms with Crippen LogP contribution in [0.25, 0.3) is 0 Å². The van der Waals surface area contributed by atoms with E-state index in [1.165, 1.54) is 6.21 Å². The minimum absolute atomic E-state index is 0.583. The third-order valence-electron chi connectivity index (χ3n) is 1.65. The zero-order chi connectivity index (χ0) is 11.1. The van der Waals surface area contributed by atoms with E-state index < -0.39 is 11.8 Å². The molecule has 0 aromatic heterocycles. The van der Waals surface area contributed by atoms with E-state index in [0.717, 1.165) is 5.56 Å². The summed E-state index contributed by atoms with van der Waals surface area (Å²) in [6.07, 6.45) is 2.08. The lowest BCUT2D eigenvalue weighted by Gasteiger charge is -1.95. The Kier molecular flexibility index (Phi) is 4.03. The number of hydrazone groups is 1. The number of rotatable bonds is 3. The van der Waals surface area contributed by atoms with Crippen LogP contribution in [0.5, 0.6) is 0 Å². The van der Waals surface area contributed by atoms with E-state index in [4.69, 9.17) is 5.73 Å². The molecule has 2 amide bonds. The molecule has 78 valence electrons. The molecular formula is C10H11N3O2. The molecule has 1 aromatic carbocycles. The van der Waals surface area contributed by atoms with Crippen LogP contribution in [-0.4, -0.2) is 18.0 Å². The number of primary amides is 1. The molecule has 0 saturated heterocycles. The van der Waals surface area contributed by atoms with Crippen LogP contribution in [0.1, 0.15) is 5.56 Å². The first-order valence-corrected chi connectivity index (χ1v) is 4.35. The normalized spacial score (nSPS) is 10.1. The van der Waals surface area contributed by atoms with Crippen molar-refractivity contribution in [1.29, 1.82) is 0 Å². The lowest BCUT2D eigenvalue weighted by Crippen LogP contribution is -2.32. The summed E-state index contributed by atoms with van der Waals surface area (Å²) in [7, 11) is 0. The highest BCUT2D eigenvalue weighted by Gasteiger charge is 2.04. The van der Waals surface area contributed by atoms with Crippen molar-refractivity contribution >= 4 is 18.0 Å². The molecule has 0 atom stereocenters. The van der Waals surface area contributed by atoms with Gasteiger partial charge in [-0.05, 0) is 5.56 Å². The number of carbonyl (C=O) groups excluding carboxylic acids is 2. The largest absolute Gasteiger partial charge is 0.361 e. The van der Waals surface area contributed by atoms with Crippen LogP contribution in [0.4, 0.5) is 0 Å². The Morgan fingerprint density at radius 2 is 2.00 bits per heavy atom. The fraction of sp³-hybridized carbons (Fsp3) is 0.100. The Labute approximate surface area is 87.0 Å². The van der Waals surface area contributed by atoms with E-state index in [1.54, 1.807) is 0 Å². The molecule has 0 aliphatic heterocycles. The predicted octanol–water partition coefficient (Wildman–Crippen LogP) is -0.184. The molecule has 5 nitrogen and oxygen atoms in total. The van der Waals surface area contributed by atoms with Gasteiger partial charge in [0.2, 0.25) is 0 Å². The van der Waals surface area contributed by atoms with E-state index in [0.29, 0.717) is 6.42 Å². The molecule has 0 bridgehead atoms. The van der Waals surface area contributed by atoms with Crippen molar-refractivity contribution in [3.05, 3.63) is 35.9 Å². The summed E-state index contributed by atoms with van der Waals surface area (Å²) >= 11 is 0. The molecule has 1 rings (SSSR count). The first-order chi connectivity index (χ1) is 7.20. The summed E-state index contributed by atoms with van der Waals surface area (Å²) in [5.41, 5.74) is 7.78. The predicted molar refractivity (Wildman–Crippen MR) is 56.0 cm³/mol. The lowest BCUT2D eigenvalue weighted by molar-refractivity contribution is -0.137. The number of carbonyl (C=O) groups is 2. The molecule has 5 heteroatoms. The van der Waals surface area contributed by atoms with Crippen molar-refractivity contribution in [3.8, 4) is 0 Å². The molecule has 0 spiro atoms. The monoisotopic (exact) mass is 205 g/mol. The van der Waals surface area contributed by atoms with Crippen molar-refractivity contribution < 1.29 is 9.59 Å². The first-order valence-electron chi connectivity index (χ1n) is 4.35. The minimum atomic E-state index is -1.05. The molecule has 3 N–H and O–H groups in total. The molecule has 0 aliphatic carbocycles. The third kappa shape index (κ3) is 4.04. The summed E-state index contributed by atoms with van der Waals surface area (Å²) in [6.45, 7) is 0. The molecule has 0 heterocycles. The molecule has 15 heavy (non-hydrogen) atoms. The fourth-order valence-electron chi connectivity index (χ4n) is 0.925. The fourth-order valence-corrected chi connectivity index (χ4v) is 0.925. The van der Waals surface area contributed by atoms with E-state index in [1.807, 2.05) is 35.8 Å². The summed E-state index contributed by atoms with van der Waals surface area (Å²) < 4.78 is 0. The summed E-state index contributed by atoms with van der Waals surface area (Å²) in [5.74, 6) is -1.97. The highest BCUT2D eigenvalue weighted by atomic mass is 16.2. The van der Waals surface area contributed by atoms with Crippen LogP contribution in [0, 0.1) is 0 Å². The van der Waals surface area contributed by atoms with E-state index >= 15 is 0 Å². The van der Waals surface area contributed by atoms with Crippen LogP contribution in [0.3, 0.4) is 0 Å². The van der Waals surface area contributed by atoms with Gasteiger partial charge >= 0.3 is 11.8 Å². The highest BCUT2D eigenvalue weighted by Crippen LogP contribution is 1.96. The number of amides is 2. The van der Waals surface area contributed by atoms with Crippen molar-refractivity contribution in [2.24, 2.45) is 10.8 Å². The van der Waals surface area contributed by atoms with Gasteiger partial charge in [-0.3, -0.25) is 9.59 Å². The summed E-state index contributed by atoms with van der Waals surface area (Å²) in [4.78, 5) is 21.0. The number of nitrogens with one attached hydrogen (secondary N) is 1. The number of nitrogens with zero attached hydrogens (tertiary/aromatic N) is 1. The van der Waals surface area contributed by atoms with Gasteiger partial charge in [0.1, 0.15) is 0 Å².